The van der Waals surface area contributed by atoms with Gasteiger partial charge in [-0.2, -0.15) is 0 Å². The standard InChI is InChI=1S/C14H19NO3S/c1-4-18-14(17)9-15(3)13(16)10-19-12-8-6-5-7-11(12)2/h5-8H,4,9-10H2,1-3H3. The summed E-state index contributed by atoms with van der Waals surface area (Å²) in [7, 11) is 1.61. The number of aryl methyl sites for hydroxylation is 1. The van der Waals surface area contributed by atoms with Crippen molar-refractivity contribution in [3.8, 4) is 0 Å². The summed E-state index contributed by atoms with van der Waals surface area (Å²) in [6.07, 6.45) is 0. The molecule has 19 heavy (non-hydrogen) atoms. The number of benzene rings is 1. The molecule has 0 saturated heterocycles. The molecular weight excluding hydrogens is 262 g/mol. The average Bonchev–Trinajstić information content (AvgIpc) is 2.37. The molecule has 0 aromatic heterocycles. The number of ether oxygens (including phenoxy) is 1. The maximum absolute atomic E-state index is 11.9. The highest BCUT2D eigenvalue weighted by atomic mass is 32.2. The Bertz CT molecular complexity index is 448. The van der Waals surface area contributed by atoms with Crippen LogP contribution in [0.5, 0.6) is 0 Å². The van der Waals surface area contributed by atoms with Gasteiger partial charge < -0.3 is 9.64 Å². The van der Waals surface area contributed by atoms with E-state index >= 15 is 0 Å². The fraction of sp³-hybridized carbons (Fsp3) is 0.429. The van der Waals surface area contributed by atoms with Crippen LogP contribution in [0.15, 0.2) is 29.2 Å². The van der Waals surface area contributed by atoms with Crippen molar-refractivity contribution in [2.75, 3.05) is 26.0 Å². The summed E-state index contributed by atoms with van der Waals surface area (Å²) in [5.41, 5.74) is 1.15. The summed E-state index contributed by atoms with van der Waals surface area (Å²) < 4.78 is 4.80. The van der Waals surface area contributed by atoms with Crippen LogP contribution in [0.2, 0.25) is 0 Å². The third-order valence-electron chi connectivity index (χ3n) is 2.54. The number of amides is 1. The zero-order valence-electron chi connectivity index (χ0n) is 11.5. The predicted molar refractivity (Wildman–Crippen MR) is 76.2 cm³/mol. The van der Waals surface area contributed by atoms with Crippen molar-refractivity contribution < 1.29 is 14.3 Å². The number of rotatable bonds is 6. The number of likely N-dealkylation sites (N-methyl/N-ethyl adjacent to an activating group) is 1. The molecule has 0 atom stereocenters. The lowest BCUT2D eigenvalue weighted by Crippen LogP contribution is -2.34. The van der Waals surface area contributed by atoms with Crippen molar-refractivity contribution in [1.29, 1.82) is 0 Å². The lowest BCUT2D eigenvalue weighted by molar-refractivity contribution is -0.147. The fourth-order valence-electron chi connectivity index (χ4n) is 1.46. The first kappa shape index (κ1) is 15.6. The summed E-state index contributed by atoms with van der Waals surface area (Å²) in [4.78, 5) is 25.6. The van der Waals surface area contributed by atoms with Crippen LogP contribution in [0.4, 0.5) is 0 Å². The molecule has 0 radical (unpaired) electrons. The third kappa shape index (κ3) is 5.34. The average molecular weight is 281 g/mol. The molecule has 1 aromatic rings. The Morgan fingerprint density at radius 1 is 1.32 bits per heavy atom. The monoisotopic (exact) mass is 281 g/mol. The number of hydrogen-bond acceptors (Lipinski definition) is 4. The van der Waals surface area contributed by atoms with Crippen LogP contribution in [0.1, 0.15) is 12.5 Å². The van der Waals surface area contributed by atoms with E-state index < -0.39 is 0 Å². The van der Waals surface area contributed by atoms with Crippen molar-refractivity contribution in [3.05, 3.63) is 29.8 Å². The molecule has 0 aliphatic carbocycles. The van der Waals surface area contributed by atoms with Crippen LogP contribution >= 0.6 is 11.8 Å². The highest BCUT2D eigenvalue weighted by molar-refractivity contribution is 8.00. The molecule has 0 fully saturated rings. The second-order valence-corrected chi connectivity index (χ2v) is 5.13. The van der Waals surface area contributed by atoms with Gasteiger partial charge in [0, 0.05) is 11.9 Å². The molecule has 0 aliphatic rings. The van der Waals surface area contributed by atoms with Gasteiger partial charge in [0.05, 0.1) is 12.4 Å². The van der Waals surface area contributed by atoms with E-state index in [1.165, 1.54) is 16.7 Å². The minimum atomic E-state index is -0.376. The van der Waals surface area contributed by atoms with Crippen LogP contribution in [-0.4, -0.2) is 42.7 Å². The van der Waals surface area contributed by atoms with Crippen LogP contribution in [0, 0.1) is 6.92 Å². The van der Waals surface area contributed by atoms with Gasteiger partial charge in [0.1, 0.15) is 6.54 Å². The first-order valence-electron chi connectivity index (χ1n) is 6.12. The smallest absolute Gasteiger partial charge is 0.325 e. The molecule has 0 bridgehead atoms. The summed E-state index contributed by atoms with van der Waals surface area (Å²) >= 11 is 1.48. The lowest BCUT2D eigenvalue weighted by Gasteiger charge is -2.16. The summed E-state index contributed by atoms with van der Waals surface area (Å²) in [6, 6.07) is 7.91. The zero-order valence-corrected chi connectivity index (χ0v) is 12.3. The van der Waals surface area contributed by atoms with Crippen molar-refractivity contribution >= 4 is 23.6 Å². The Labute approximate surface area is 118 Å². The molecular formula is C14H19NO3S. The van der Waals surface area contributed by atoms with Crippen LogP contribution in [0.25, 0.3) is 0 Å². The maximum atomic E-state index is 11.9. The van der Waals surface area contributed by atoms with E-state index in [0.717, 1.165) is 10.5 Å². The summed E-state index contributed by atoms with van der Waals surface area (Å²) in [5, 5.41) is 0. The van der Waals surface area contributed by atoms with Gasteiger partial charge >= 0.3 is 5.97 Å². The Hall–Kier alpha value is -1.49. The van der Waals surface area contributed by atoms with Gasteiger partial charge in [0.2, 0.25) is 5.91 Å². The van der Waals surface area contributed by atoms with Crippen molar-refractivity contribution in [3.63, 3.8) is 0 Å². The van der Waals surface area contributed by atoms with E-state index in [9.17, 15) is 9.59 Å². The van der Waals surface area contributed by atoms with Gasteiger partial charge in [0.25, 0.3) is 0 Å². The fourth-order valence-corrected chi connectivity index (χ4v) is 2.43. The minimum Gasteiger partial charge on any atom is -0.465 e. The molecule has 1 amide bonds. The summed E-state index contributed by atoms with van der Waals surface area (Å²) in [6.45, 7) is 4.09. The van der Waals surface area contributed by atoms with Gasteiger partial charge in [-0.25, -0.2) is 0 Å². The number of carbonyl (C=O) groups excluding carboxylic acids is 2. The minimum absolute atomic E-state index is 0.000997. The highest BCUT2D eigenvalue weighted by Gasteiger charge is 2.14. The Kier molecular flexibility index (Phi) is 6.42. The van der Waals surface area contributed by atoms with Gasteiger partial charge in [-0.1, -0.05) is 18.2 Å². The first-order chi connectivity index (χ1) is 9.04. The number of hydrogen-bond donors (Lipinski definition) is 0. The predicted octanol–water partition coefficient (Wildman–Crippen LogP) is 2.11. The van der Waals surface area contributed by atoms with Gasteiger partial charge in [-0.3, -0.25) is 9.59 Å². The van der Waals surface area contributed by atoms with Gasteiger partial charge in [-0.05, 0) is 25.5 Å². The molecule has 0 N–H and O–H groups in total. The molecule has 1 aromatic carbocycles. The number of esters is 1. The highest BCUT2D eigenvalue weighted by Crippen LogP contribution is 2.21. The van der Waals surface area contributed by atoms with E-state index in [2.05, 4.69) is 0 Å². The molecule has 0 heterocycles. The summed E-state index contributed by atoms with van der Waals surface area (Å²) in [5.74, 6) is -0.138. The molecule has 4 nitrogen and oxygen atoms in total. The second kappa shape index (κ2) is 7.84. The Morgan fingerprint density at radius 3 is 2.63 bits per heavy atom. The molecule has 0 spiro atoms. The Balaban J connectivity index is 2.43. The number of carbonyl (C=O) groups is 2. The van der Waals surface area contributed by atoms with E-state index in [1.807, 2.05) is 31.2 Å². The maximum Gasteiger partial charge on any atom is 0.325 e. The topological polar surface area (TPSA) is 46.6 Å². The SMILES string of the molecule is CCOC(=O)CN(C)C(=O)CSc1ccccc1C. The van der Waals surface area contributed by atoms with E-state index in [4.69, 9.17) is 4.74 Å². The van der Waals surface area contributed by atoms with Crippen molar-refractivity contribution in [1.82, 2.24) is 4.90 Å². The van der Waals surface area contributed by atoms with E-state index in [-0.39, 0.29) is 18.4 Å². The lowest BCUT2D eigenvalue weighted by atomic mass is 10.2. The van der Waals surface area contributed by atoms with Gasteiger partial charge in [-0.15, -0.1) is 11.8 Å². The van der Waals surface area contributed by atoms with Gasteiger partial charge in [0.15, 0.2) is 0 Å². The van der Waals surface area contributed by atoms with Crippen LogP contribution < -0.4 is 0 Å². The largest absolute Gasteiger partial charge is 0.465 e. The normalized spacial score (nSPS) is 10.1. The zero-order chi connectivity index (χ0) is 14.3. The van der Waals surface area contributed by atoms with E-state index in [0.29, 0.717) is 12.4 Å². The van der Waals surface area contributed by atoms with Crippen LogP contribution in [-0.2, 0) is 14.3 Å². The number of thioether (sulfide) groups is 1. The molecule has 0 unspecified atom stereocenters. The third-order valence-corrected chi connectivity index (χ3v) is 3.70. The second-order valence-electron chi connectivity index (χ2n) is 4.11. The van der Waals surface area contributed by atoms with Crippen LogP contribution in [0.3, 0.4) is 0 Å². The number of nitrogens with zero attached hydrogens (tertiary/aromatic N) is 1. The molecule has 0 aliphatic heterocycles. The quantitative estimate of drug-likeness (QED) is 0.592. The molecule has 104 valence electrons. The van der Waals surface area contributed by atoms with Crippen molar-refractivity contribution in [2.24, 2.45) is 0 Å². The van der Waals surface area contributed by atoms with E-state index in [1.54, 1.807) is 14.0 Å². The van der Waals surface area contributed by atoms with Crippen molar-refractivity contribution in [2.45, 2.75) is 18.7 Å². The molecule has 5 heteroatoms. The molecule has 0 saturated carbocycles. The Morgan fingerprint density at radius 2 is 2.00 bits per heavy atom. The first-order valence-corrected chi connectivity index (χ1v) is 7.11. The molecule has 1 rings (SSSR count).